The summed E-state index contributed by atoms with van der Waals surface area (Å²) in [4.78, 5) is 0. The molecule has 0 fully saturated rings. The maximum atomic E-state index is 12.6. The Balaban J connectivity index is 2.94. The van der Waals surface area contributed by atoms with E-state index in [0.717, 1.165) is 10.0 Å². The van der Waals surface area contributed by atoms with Crippen molar-refractivity contribution in [2.75, 3.05) is 5.75 Å². The summed E-state index contributed by atoms with van der Waals surface area (Å²) in [6, 6.07) is 4.60. The minimum atomic E-state index is -0.232. The lowest BCUT2D eigenvalue weighted by molar-refractivity contribution is 0.627. The first-order chi connectivity index (χ1) is 5.74. The molecule has 0 radical (unpaired) electrons. The second-order valence-electron chi connectivity index (χ2n) is 2.25. The van der Waals surface area contributed by atoms with Gasteiger partial charge in [-0.3, -0.25) is 0 Å². The number of hydrogen-bond acceptors (Lipinski definition) is 1. The molecule has 0 bridgehead atoms. The zero-order chi connectivity index (χ0) is 8.97. The van der Waals surface area contributed by atoms with Crippen LogP contribution in [0.15, 0.2) is 28.7 Å². The molecule has 0 aliphatic rings. The zero-order valence-electron chi connectivity index (χ0n) is 6.30. The highest BCUT2D eigenvalue weighted by Crippen LogP contribution is 2.19. The molecule has 0 heterocycles. The summed E-state index contributed by atoms with van der Waals surface area (Å²) in [7, 11) is 0. The van der Waals surface area contributed by atoms with E-state index in [1.165, 1.54) is 12.1 Å². The fourth-order valence-electron chi connectivity index (χ4n) is 0.816. The van der Waals surface area contributed by atoms with Gasteiger partial charge in [0.25, 0.3) is 0 Å². The van der Waals surface area contributed by atoms with Gasteiger partial charge in [0, 0.05) is 10.2 Å². The van der Waals surface area contributed by atoms with E-state index in [1.807, 2.05) is 12.2 Å². The van der Waals surface area contributed by atoms with Crippen LogP contribution in [0.2, 0.25) is 0 Å². The van der Waals surface area contributed by atoms with E-state index in [0.29, 0.717) is 5.75 Å². The van der Waals surface area contributed by atoms with Crippen molar-refractivity contribution in [3.05, 3.63) is 40.1 Å². The van der Waals surface area contributed by atoms with Crippen molar-refractivity contribution in [3.63, 3.8) is 0 Å². The lowest BCUT2D eigenvalue weighted by Crippen LogP contribution is -1.78. The molecule has 3 heteroatoms. The smallest absolute Gasteiger partial charge is 0.124 e. The molecule has 0 aliphatic heterocycles. The average molecular weight is 247 g/mol. The van der Waals surface area contributed by atoms with Crippen LogP contribution in [0.1, 0.15) is 5.56 Å². The summed E-state index contributed by atoms with van der Waals surface area (Å²) in [6.07, 6.45) is 3.80. The molecule has 0 atom stereocenters. The van der Waals surface area contributed by atoms with Gasteiger partial charge >= 0.3 is 0 Å². The summed E-state index contributed by atoms with van der Waals surface area (Å²) in [5.41, 5.74) is 0.963. The summed E-state index contributed by atoms with van der Waals surface area (Å²) in [6.45, 7) is 0. The Kier molecular flexibility index (Phi) is 3.82. The largest absolute Gasteiger partial charge is 0.207 e. The van der Waals surface area contributed by atoms with Crippen LogP contribution < -0.4 is 0 Å². The molecule has 1 aromatic carbocycles. The van der Waals surface area contributed by atoms with Gasteiger partial charge in [0.05, 0.1) is 0 Å². The lowest BCUT2D eigenvalue weighted by Gasteiger charge is -1.97. The van der Waals surface area contributed by atoms with E-state index in [1.54, 1.807) is 6.07 Å². The maximum absolute atomic E-state index is 12.6. The van der Waals surface area contributed by atoms with E-state index in [-0.39, 0.29) is 5.82 Å². The quantitative estimate of drug-likeness (QED) is 0.759. The molecule has 0 saturated heterocycles. The first-order valence-corrected chi connectivity index (χ1v) is 4.89. The zero-order valence-corrected chi connectivity index (χ0v) is 8.78. The number of benzene rings is 1. The standard InChI is InChI=1S/C9H8BrFS/c10-9-6-8(11)4-3-7(9)2-1-5-12/h1-4,6,12H,5H2. The topological polar surface area (TPSA) is 0 Å². The molecule has 0 saturated carbocycles. The molecule has 0 N–H and O–H groups in total. The van der Waals surface area contributed by atoms with Crippen LogP contribution in [0.3, 0.4) is 0 Å². The minimum Gasteiger partial charge on any atom is -0.207 e. The van der Waals surface area contributed by atoms with Gasteiger partial charge in [0.1, 0.15) is 5.82 Å². The summed E-state index contributed by atoms with van der Waals surface area (Å²) < 4.78 is 13.4. The number of halogens is 2. The minimum absolute atomic E-state index is 0.232. The van der Waals surface area contributed by atoms with E-state index in [9.17, 15) is 4.39 Å². The SMILES string of the molecule is Fc1ccc(C=CCS)c(Br)c1. The normalized spacial score (nSPS) is 10.9. The van der Waals surface area contributed by atoms with Crippen molar-refractivity contribution < 1.29 is 4.39 Å². The number of hydrogen-bond donors (Lipinski definition) is 1. The predicted molar refractivity (Wildman–Crippen MR) is 57.0 cm³/mol. The Hall–Kier alpha value is -0.280. The molecule has 0 aliphatic carbocycles. The molecule has 0 unspecified atom stereocenters. The fourth-order valence-corrected chi connectivity index (χ4v) is 1.40. The van der Waals surface area contributed by atoms with E-state index in [4.69, 9.17) is 0 Å². The third-order valence-electron chi connectivity index (χ3n) is 1.37. The Morgan fingerprint density at radius 1 is 1.50 bits per heavy atom. The van der Waals surface area contributed by atoms with Crippen molar-refractivity contribution in [1.29, 1.82) is 0 Å². The van der Waals surface area contributed by atoms with Crippen LogP contribution in [0.4, 0.5) is 4.39 Å². The van der Waals surface area contributed by atoms with Crippen LogP contribution >= 0.6 is 28.6 Å². The van der Waals surface area contributed by atoms with Crippen LogP contribution in [0.5, 0.6) is 0 Å². The number of thiol groups is 1. The highest BCUT2D eigenvalue weighted by atomic mass is 79.9. The Morgan fingerprint density at radius 3 is 2.83 bits per heavy atom. The molecule has 0 nitrogen and oxygen atoms in total. The van der Waals surface area contributed by atoms with Crippen molar-refractivity contribution in [1.82, 2.24) is 0 Å². The Bertz CT molecular complexity index is 297. The highest BCUT2D eigenvalue weighted by Gasteiger charge is 1.96. The van der Waals surface area contributed by atoms with E-state index < -0.39 is 0 Å². The van der Waals surface area contributed by atoms with Gasteiger partial charge < -0.3 is 0 Å². The molecule has 12 heavy (non-hydrogen) atoms. The van der Waals surface area contributed by atoms with E-state index >= 15 is 0 Å². The van der Waals surface area contributed by atoms with Gasteiger partial charge in [-0.05, 0) is 17.7 Å². The maximum Gasteiger partial charge on any atom is 0.124 e. The molecular formula is C9H8BrFS. The van der Waals surface area contributed by atoms with Gasteiger partial charge in [0.15, 0.2) is 0 Å². The van der Waals surface area contributed by atoms with Crippen LogP contribution in [0.25, 0.3) is 6.08 Å². The Labute approximate surface area is 85.0 Å². The molecule has 0 aromatic heterocycles. The van der Waals surface area contributed by atoms with Crippen LogP contribution in [-0.4, -0.2) is 5.75 Å². The van der Waals surface area contributed by atoms with Gasteiger partial charge in [-0.2, -0.15) is 12.6 Å². The average Bonchev–Trinajstić information content (AvgIpc) is 2.03. The van der Waals surface area contributed by atoms with Crippen molar-refractivity contribution in [3.8, 4) is 0 Å². The van der Waals surface area contributed by atoms with Gasteiger partial charge in [-0.25, -0.2) is 4.39 Å². The first kappa shape index (κ1) is 9.81. The van der Waals surface area contributed by atoms with Crippen molar-refractivity contribution in [2.45, 2.75) is 0 Å². The van der Waals surface area contributed by atoms with Crippen LogP contribution in [-0.2, 0) is 0 Å². The predicted octanol–water partition coefficient (Wildman–Crippen LogP) is 3.53. The molecule has 0 spiro atoms. The summed E-state index contributed by atoms with van der Waals surface area (Å²) in [5, 5.41) is 0. The lowest BCUT2D eigenvalue weighted by atomic mass is 10.2. The Morgan fingerprint density at radius 2 is 2.25 bits per heavy atom. The molecule has 64 valence electrons. The monoisotopic (exact) mass is 246 g/mol. The van der Waals surface area contributed by atoms with Gasteiger partial charge in [-0.15, -0.1) is 0 Å². The molecule has 1 rings (SSSR count). The summed E-state index contributed by atoms with van der Waals surface area (Å²) >= 11 is 7.29. The first-order valence-electron chi connectivity index (χ1n) is 3.46. The van der Waals surface area contributed by atoms with Gasteiger partial charge in [-0.1, -0.05) is 34.1 Å². The fraction of sp³-hybridized carbons (Fsp3) is 0.111. The molecule has 0 amide bonds. The van der Waals surface area contributed by atoms with Crippen LogP contribution in [0, 0.1) is 5.82 Å². The second kappa shape index (κ2) is 4.67. The second-order valence-corrected chi connectivity index (χ2v) is 3.47. The van der Waals surface area contributed by atoms with E-state index in [2.05, 4.69) is 28.6 Å². The molecular weight excluding hydrogens is 239 g/mol. The molecule has 1 aromatic rings. The van der Waals surface area contributed by atoms with Crippen molar-refractivity contribution in [2.24, 2.45) is 0 Å². The number of rotatable bonds is 2. The highest BCUT2D eigenvalue weighted by molar-refractivity contribution is 9.10. The van der Waals surface area contributed by atoms with Crippen molar-refractivity contribution >= 4 is 34.6 Å². The summed E-state index contributed by atoms with van der Waals surface area (Å²) in [5.74, 6) is 0.453. The third-order valence-corrected chi connectivity index (χ3v) is 2.26. The third kappa shape index (κ3) is 2.64. The van der Waals surface area contributed by atoms with Gasteiger partial charge in [0.2, 0.25) is 0 Å².